The second-order valence-electron chi connectivity index (χ2n) is 9.01. The Hall–Kier alpha value is -2.85. The highest BCUT2D eigenvalue weighted by atomic mass is 32.2. The predicted molar refractivity (Wildman–Crippen MR) is 144 cm³/mol. The number of aromatic nitrogens is 2. The summed E-state index contributed by atoms with van der Waals surface area (Å²) >= 11 is 0. The molecule has 0 bridgehead atoms. The van der Waals surface area contributed by atoms with Crippen molar-refractivity contribution >= 4 is 16.9 Å². The molecule has 0 radical (unpaired) electrons. The standard InChI is InChI=1S/C27H35N5O2S.H2O/c1-35(34)32-18-17-30(16-8-13-23-9-4-2-5-10-23)21-26(32)27(33)29-15-14-25-19-28-22-31(25)20-24-11-6-3-7-12-24;/h2-7,9-12,19,22,26H,8,13-18,20-21H2,1H3,(H,29,33);1H2. The molecule has 3 N–H and O–H groups in total. The lowest BCUT2D eigenvalue weighted by atomic mass is 10.1. The van der Waals surface area contributed by atoms with Crippen LogP contribution < -0.4 is 5.32 Å². The summed E-state index contributed by atoms with van der Waals surface area (Å²) in [5.41, 5.74) is 3.63. The first-order valence-electron chi connectivity index (χ1n) is 12.3. The first-order valence-corrected chi connectivity index (χ1v) is 13.8. The molecule has 36 heavy (non-hydrogen) atoms. The van der Waals surface area contributed by atoms with Gasteiger partial charge < -0.3 is 15.4 Å². The number of imidazole rings is 1. The molecule has 8 nitrogen and oxygen atoms in total. The predicted octanol–water partition coefficient (Wildman–Crippen LogP) is 1.68. The van der Waals surface area contributed by atoms with Gasteiger partial charge in [0.1, 0.15) is 6.04 Å². The van der Waals surface area contributed by atoms with Crippen molar-refractivity contribution in [1.29, 1.82) is 0 Å². The molecular weight excluding hydrogens is 474 g/mol. The summed E-state index contributed by atoms with van der Waals surface area (Å²) in [7, 11) is -1.18. The quantitative estimate of drug-likeness (QED) is 0.423. The lowest BCUT2D eigenvalue weighted by Gasteiger charge is -2.39. The van der Waals surface area contributed by atoms with Crippen LogP contribution in [0.5, 0.6) is 0 Å². The fourth-order valence-corrected chi connectivity index (χ4v) is 5.47. The number of benzene rings is 2. The molecule has 2 unspecified atom stereocenters. The Kier molecular flexibility index (Phi) is 10.8. The Morgan fingerprint density at radius 2 is 1.72 bits per heavy atom. The summed E-state index contributed by atoms with van der Waals surface area (Å²) in [6.07, 6.45) is 8.11. The summed E-state index contributed by atoms with van der Waals surface area (Å²) in [4.78, 5) is 19.7. The third-order valence-electron chi connectivity index (χ3n) is 6.51. The maximum atomic E-state index is 13.1. The molecule has 2 atom stereocenters. The molecular formula is C27H37N5O3S. The monoisotopic (exact) mass is 511 g/mol. The number of carbonyl (C=O) groups is 1. The topological polar surface area (TPSA) is 102 Å². The van der Waals surface area contributed by atoms with Crippen LogP contribution in [-0.4, -0.2) is 79.4 Å². The number of piperazine rings is 1. The lowest BCUT2D eigenvalue weighted by Crippen LogP contribution is -2.59. The Morgan fingerprint density at radius 3 is 2.42 bits per heavy atom. The largest absolute Gasteiger partial charge is 0.412 e. The smallest absolute Gasteiger partial charge is 0.239 e. The zero-order chi connectivity index (χ0) is 24.5. The summed E-state index contributed by atoms with van der Waals surface area (Å²) < 4.78 is 16.3. The van der Waals surface area contributed by atoms with Gasteiger partial charge in [0.25, 0.3) is 0 Å². The van der Waals surface area contributed by atoms with E-state index in [0.29, 0.717) is 26.1 Å². The molecule has 0 saturated carbocycles. The van der Waals surface area contributed by atoms with E-state index in [-0.39, 0.29) is 11.4 Å². The highest BCUT2D eigenvalue weighted by molar-refractivity contribution is 7.81. The molecule has 1 aliphatic heterocycles. The third kappa shape index (κ3) is 7.83. The SMILES string of the molecule is CS(=O)N1CCN(CCCc2ccccc2)CC1C(=O)NCCc1cncn1Cc1ccccc1.O. The average molecular weight is 512 g/mol. The van der Waals surface area contributed by atoms with Crippen molar-refractivity contribution in [1.82, 2.24) is 24.1 Å². The van der Waals surface area contributed by atoms with Gasteiger partial charge in [0.05, 0.1) is 17.3 Å². The normalized spacial score (nSPS) is 17.3. The van der Waals surface area contributed by atoms with Crippen LogP contribution in [0.4, 0.5) is 0 Å². The number of hydrogen-bond donors (Lipinski definition) is 1. The van der Waals surface area contributed by atoms with Crippen molar-refractivity contribution in [2.45, 2.75) is 31.8 Å². The lowest BCUT2D eigenvalue weighted by molar-refractivity contribution is -0.126. The van der Waals surface area contributed by atoms with Crippen LogP contribution in [0.15, 0.2) is 73.2 Å². The van der Waals surface area contributed by atoms with Gasteiger partial charge in [0.15, 0.2) is 0 Å². The number of carbonyl (C=O) groups excluding carboxylic acids is 1. The van der Waals surface area contributed by atoms with E-state index in [1.165, 1.54) is 11.1 Å². The molecule has 4 rings (SSSR count). The fourth-order valence-electron chi connectivity index (χ4n) is 4.61. The average Bonchev–Trinajstić information content (AvgIpc) is 3.31. The molecule has 194 valence electrons. The molecule has 9 heteroatoms. The zero-order valence-corrected chi connectivity index (χ0v) is 21.7. The number of amides is 1. The van der Waals surface area contributed by atoms with E-state index in [4.69, 9.17) is 0 Å². The molecule has 2 heterocycles. The van der Waals surface area contributed by atoms with E-state index >= 15 is 0 Å². The van der Waals surface area contributed by atoms with Crippen LogP contribution >= 0.6 is 0 Å². The molecule has 3 aromatic rings. The Labute approximate surface area is 216 Å². The van der Waals surface area contributed by atoms with Gasteiger partial charge in [0.2, 0.25) is 5.91 Å². The van der Waals surface area contributed by atoms with Crippen molar-refractivity contribution in [3.63, 3.8) is 0 Å². The van der Waals surface area contributed by atoms with Crippen LogP contribution in [0.3, 0.4) is 0 Å². The van der Waals surface area contributed by atoms with Crippen LogP contribution in [0.25, 0.3) is 0 Å². The van der Waals surface area contributed by atoms with Crippen LogP contribution in [0, 0.1) is 0 Å². The third-order valence-corrected chi connectivity index (χ3v) is 7.60. The van der Waals surface area contributed by atoms with Crippen molar-refractivity contribution in [2.24, 2.45) is 0 Å². The van der Waals surface area contributed by atoms with Gasteiger partial charge >= 0.3 is 0 Å². The number of hydrogen-bond acceptors (Lipinski definition) is 4. The minimum Gasteiger partial charge on any atom is -0.412 e. The molecule has 1 saturated heterocycles. The minimum atomic E-state index is -1.18. The summed E-state index contributed by atoms with van der Waals surface area (Å²) in [6, 6.07) is 20.3. The number of nitrogens with one attached hydrogen (secondary N) is 1. The molecule has 1 aromatic heterocycles. The van der Waals surface area contributed by atoms with E-state index in [1.807, 2.05) is 41.1 Å². The fraction of sp³-hybridized carbons (Fsp3) is 0.407. The zero-order valence-electron chi connectivity index (χ0n) is 20.9. The Bertz CT molecular complexity index is 1090. The maximum absolute atomic E-state index is 13.1. The maximum Gasteiger partial charge on any atom is 0.239 e. The molecule has 0 spiro atoms. The minimum absolute atomic E-state index is 0. The van der Waals surface area contributed by atoms with Gasteiger partial charge in [-0.1, -0.05) is 60.7 Å². The van der Waals surface area contributed by atoms with Crippen molar-refractivity contribution < 1.29 is 14.5 Å². The van der Waals surface area contributed by atoms with E-state index < -0.39 is 17.0 Å². The van der Waals surface area contributed by atoms with Gasteiger partial charge in [-0.05, 0) is 30.5 Å². The summed E-state index contributed by atoms with van der Waals surface area (Å²) in [5, 5.41) is 3.09. The first kappa shape index (κ1) is 27.7. The van der Waals surface area contributed by atoms with Crippen molar-refractivity contribution in [3.8, 4) is 0 Å². The second kappa shape index (κ2) is 14.0. The first-order chi connectivity index (χ1) is 17.1. The summed E-state index contributed by atoms with van der Waals surface area (Å²) in [5.74, 6) is -0.0536. The number of nitrogens with zero attached hydrogens (tertiary/aromatic N) is 4. The van der Waals surface area contributed by atoms with Crippen LogP contribution in [-0.2, 0) is 35.2 Å². The molecule has 1 fully saturated rings. The molecule has 2 aromatic carbocycles. The molecule has 1 aliphatic rings. The Balaban J connectivity index is 0.00000361. The molecule has 0 aliphatic carbocycles. The van der Waals surface area contributed by atoms with E-state index in [2.05, 4.69) is 56.2 Å². The van der Waals surface area contributed by atoms with Gasteiger partial charge in [-0.3, -0.25) is 9.69 Å². The number of aryl methyl sites for hydroxylation is 1. The van der Waals surface area contributed by atoms with E-state index in [0.717, 1.165) is 38.2 Å². The Morgan fingerprint density at radius 1 is 1.03 bits per heavy atom. The highest BCUT2D eigenvalue weighted by Gasteiger charge is 2.34. The van der Waals surface area contributed by atoms with Crippen LogP contribution in [0.1, 0.15) is 23.2 Å². The summed E-state index contributed by atoms with van der Waals surface area (Å²) in [6.45, 7) is 4.28. The van der Waals surface area contributed by atoms with Crippen molar-refractivity contribution in [2.75, 3.05) is 39.0 Å². The van der Waals surface area contributed by atoms with Gasteiger partial charge in [-0.2, -0.15) is 0 Å². The highest BCUT2D eigenvalue weighted by Crippen LogP contribution is 2.14. The van der Waals surface area contributed by atoms with E-state index in [9.17, 15) is 9.00 Å². The van der Waals surface area contributed by atoms with E-state index in [1.54, 1.807) is 6.26 Å². The van der Waals surface area contributed by atoms with Crippen molar-refractivity contribution in [3.05, 3.63) is 90.0 Å². The second-order valence-corrected chi connectivity index (χ2v) is 10.3. The van der Waals surface area contributed by atoms with Gasteiger partial charge in [-0.25, -0.2) is 13.5 Å². The van der Waals surface area contributed by atoms with Gasteiger partial charge in [-0.15, -0.1) is 0 Å². The molecule has 1 amide bonds. The van der Waals surface area contributed by atoms with Crippen LogP contribution in [0.2, 0.25) is 0 Å². The number of rotatable bonds is 11. The van der Waals surface area contributed by atoms with Gasteiger partial charge in [0, 0.05) is 57.3 Å².